The van der Waals surface area contributed by atoms with Gasteiger partial charge in [-0.1, -0.05) is 40.5 Å². The second-order valence-electron chi connectivity index (χ2n) is 4.63. The zero-order valence-corrected chi connectivity index (χ0v) is 11.7. The molecule has 0 amide bonds. The van der Waals surface area contributed by atoms with E-state index in [9.17, 15) is 0 Å². The number of hydrogen-bond acceptors (Lipinski definition) is 3. The summed E-state index contributed by atoms with van der Waals surface area (Å²) >= 11 is 1.83. The van der Waals surface area contributed by atoms with Gasteiger partial charge in [0.15, 0.2) is 0 Å². The first-order valence-corrected chi connectivity index (χ1v) is 7.14. The quantitative estimate of drug-likeness (QED) is 0.784. The van der Waals surface area contributed by atoms with Gasteiger partial charge in [0, 0.05) is 23.5 Å². The van der Waals surface area contributed by atoms with E-state index in [1.165, 1.54) is 22.7 Å². The van der Waals surface area contributed by atoms with Crippen LogP contribution in [-0.2, 0) is 6.54 Å². The highest BCUT2D eigenvalue weighted by Gasteiger charge is 2.06. The van der Waals surface area contributed by atoms with Crippen LogP contribution in [0.4, 0.5) is 0 Å². The van der Waals surface area contributed by atoms with Crippen LogP contribution in [0.5, 0.6) is 0 Å². The van der Waals surface area contributed by atoms with Gasteiger partial charge in [-0.25, -0.2) is 4.98 Å². The van der Waals surface area contributed by atoms with Crippen LogP contribution in [0.2, 0.25) is 0 Å². The molecular weight excluding hydrogens is 216 g/mol. The fraction of sp³-hybridized carbons (Fsp3) is 0.769. The molecule has 0 unspecified atom stereocenters. The molecule has 3 heteroatoms. The fourth-order valence-electron chi connectivity index (χ4n) is 1.65. The minimum absolute atomic E-state index is 0.554. The molecule has 92 valence electrons. The summed E-state index contributed by atoms with van der Waals surface area (Å²) in [5.74, 6) is 1.37. The zero-order chi connectivity index (χ0) is 12.0. The maximum Gasteiger partial charge on any atom is 0.0953 e. The largest absolute Gasteiger partial charge is 0.312 e. The molecule has 0 saturated heterocycles. The standard InChI is InChI=1S/C13H24N2S/c1-5-11(6-2)7-14-8-12-9-15-13(16-12)10(3)4/h9-11,14H,5-8H2,1-4H3. The zero-order valence-electron chi connectivity index (χ0n) is 10.9. The van der Waals surface area contributed by atoms with Crippen molar-refractivity contribution in [1.29, 1.82) is 0 Å². The number of thiazole rings is 1. The Hall–Kier alpha value is -0.410. The Morgan fingerprint density at radius 3 is 2.50 bits per heavy atom. The minimum Gasteiger partial charge on any atom is -0.312 e. The normalized spacial score (nSPS) is 11.6. The second kappa shape index (κ2) is 7.02. The third kappa shape index (κ3) is 4.22. The third-order valence-corrected chi connectivity index (χ3v) is 4.25. The van der Waals surface area contributed by atoms with Gasteiger partial charge in [-0.05, 0) is 12.5 Å². The van der Waals surface area contributed by atoms with E-state index in [2.05, 4.69) is 38.0 Å². The smallest absolute Gasteiger partial charge is 0.0953 e. The Morgan fingerprint density at radius 1 is 1.31 bits per heavy atom. The monoisotopic (exact) mass is 240 g/mol. The molecule has 0 saturated carbocycles. The highest BCUT2D eigenvalue weighted by atomic mass is 32.1. The summed E-state index contributed by atoms with van der Waals surface area (Å²) in [6.45, 7) is 11.0. The van der Waals surface area contributed by atoms with Crippen molar-refractivity contribution in [3.05, 3.63) is 16.1 Å². The second-order valence-corrected chi connectivity index (χ2v) is 5.78. The maximum absolute atomic E-state index is 4.43. The Morgan fingerprint density at radius 2 is 2.00 bits per heavy atom. The maximum atomic E-state index is 4.43. The lowest BCUT2D eigenvalue weighted by Crippen LogP contribution is -2.21. The van der Waals surface area contributed by atoms with Crippen molar-refractivity contribution in [3.8, 4) is 0 Å². The topological polar surface area (TPSA) is 24.9 Å². The summed E-state index contributed by atoms with van der Waals surface area (Å²) in [7, 11) is 0. The molecule has 1 aromatic heterocycles. The van der Waals surface area contributed by atoms with Gasteiger partial charge in [0.1, 0.15) is 0 Å². The van der Waals surface area contributed by atoms with Gasteiger partial charge < -0.3 is 5.32 Å². The number of hydrogen-bond donors (Lipinski definition) is 1. The van der Waals surface area contributed by atoms with Crippen LogP contribution in [0.1, 0.15) is 56.3 Å². The predicted molar refractivity (Wildman–Crippen MR) is 72.0 cm³/mol. The van der Waals surface area contributed by atoms with E-state index in [4.69, 9.17) is 0 Å². The van der Waals surface area contributed by atoms with Crippen molar-refractivity contribution in [3.63, 3.8) is 0 Å². The van der Waals surface area contributed by atoms with E-state index in [-0.39, 0.29) is 0 Å². The van der Waals surface area contributed by atoms with Crippen LogP contribution >= 0.6 is 11.3 Å². The van der Waals surface area contributed by atoms with Crippen LogP contribution in [0.15, 0.2) is 6.20 Å². The number of aromatic nitrogens is 1. The highest BCUT2D eigenvalue weighted by molar-refractivity contribution is 7.11. The van der Waals surface area contributed by atoms with Crippen LogP contribution in [0.3, 0.4) is 0 Å². The number of rotatable bonds is 7. The summed E-state index contributed by atoms with van der Waals surface area (Å²) in [5.41, 5.74) is 0. The van der Waals surface area contributed by atoms with Crippen LogP contribution in [-0.4, -0.2) is 11.5 Å². The van der Waals surface area contributed by atoms with Crippen molar-refractivity contribution < 1.29 is 0 Å². The molecular formula is C13H24N2S. The SMILES string of the molecule is CCC(CC)CNCc1cnc(C(C)C)s1. The Kier molecular flexibility index (Phi) is 5.99. The van der Waals surface area contributed by atoms with Gasteiger partial charge >= 0.3 is 0 Å². The molecule has 0 atom stereocenters. The van der Waals surface area contributed by atoms with Crippen LogP contribution in [0.25, 0.3) is 0 Å². The Balaban J connectivity index is 2.31. The molecule has 0 fully saturated rings. The van der Waals surface area contributed by atoms with E-state index in [1.54, 1.807) is 0 Å². The highest BCUT2D eigenvalue weighted by Crippen LogP contribution is 2.20. The van der Waals surface area contributed by atoms with Gasteiger partial charge in [0.25, 0.3) is 0 Å². The first-order chi connectivity index (χ1) is 7.67. The lowest BCUT2D eigenvalue weighted by atomic mass is 10.0. The predicted octanol–water partition coefficient (Wildman–Crippen LogP) is 3.79. The van der Waals surface area contributed by atoms with Gasteiger partial charge in [0.2, 0.25) is 0 Å². The number of nitrogens with zero attached hydrogens (tertiary/aromatic N) is 1. The summed E-state index contributed by atoms with van der Waals surface area (Å²) in [6.07, 6.45) is 4.55. The average Bonchev–Trinajstić information content (AvgIpc) is 2.73. The molecule has 1 aromatic rings. The molecule has 0 radical (unpaired) electrons. The van der Waals surface area contributed by atoms with Crippen LogP contribution < -0.4 is 5.32 Å². The molecule has 1 rings (SSSR count). The van der Waals surface area contributed by atoms with Crippen LogP contribution in [0, 0.1) is 5.92 Å². The summed E-state index contributed by atoms with van der Waals surface area (Å²) in [5, 5.41) is 4.78. The minimum atomic E-state index is 0.554. The van der Waals surface area contributed by atoms with Crippen molar-refractivity contribution in [1.82, 2.24) is 10.3 Å². The van der Waals surface area contributed by atoms with Gasteiger partial charge in [-0.3, -0.25) is 0 Å². The Bertz CT molecular complexity index is 290. The van der Waals surface area contributed by atoms with E-state index in [0.717, 1.165) is 19.0 Å². The Labute approximate surface area is 103 Å². The lowest BCUT2D eigenvalue weighted by molar-refractivity contribution is 0.450. The van der Waals surface area contributed by atoms with E-state index in [0.29, 0.717) is 5.92 Å². The summed E-state index contributed by atoms with van der Waals surface area (Å²) in [6, 6.07) is 0. The molecule has 0 aliphatic rings. The van der Waals surface area contributed by atoms with Crippen molar-refractivity contribution >= 4 is 11.3 Å². The summed E-state index contributed by atoms with van der Waals surface area (Å²) < 4.78 is 0. The van der Waals surface area contributed by atoms with Gasteiger partial charge in [-0.15, -0.1) is 11.3 Å². The van der Waals surface area contributed by atoms with Gasteiger partial charge in [-0.2, -0.15) is 0 Å². The number of nitrogens with one attached hydrogen (secondary N) is 1. The average molecular weight is 240 g/mol. The molecule has 16 heavy (non-hydrogen) atoms. The molecule has 1 heterocycles. The molecule has 0 aliphatic carbocycles. The molecule has 0 aliphatic heterocycles. The molecule has 0 bridgehead atoms. The fourth-order valence-corrected chi connectivity index (χ4v) is 2.54. The van der Waals surface area contributed by atoms with Crippen molar-refractivity contribution in [2.24, 2.45) is 5.92 Å². The molecule has 1 N–H and O–H groups in total. The van der Waals surface area contributed by atoms with E-state index in [1.807, 2.05) is 17.5 Å². The molecule has 0 aromatic carbocycles. The van der Waals surface area contributed by atoms with E-state index >= 15 is 0 Å². The third-order valence-electron chi connectivity index (χ3n) is 2.95. The van der Waals surface area contributed by atoms with Crippen molar-refractivity contribution in [2.75, 3.05) is 6.54 Å². The summed E-state index contributed by atoms with van der Waals surface area (Å²) in [4.78, 5) is 5.79. The van der Waals surface area contributed by atoms with Gasteiger partial charge in [0.05, 0.1) is 5.01 Å². The lowest BCUT2D eigenvalue weighted by Gasteiger charge is -2.12. The van der Waals surface area contributed by atoms with E-state index < -0.39 is 0 Å². The van der Waals surface area contributed by atoms with Crippen molar-refractivity contribution in [2.45, 2.75) is 53.0 Å². The molecule has 0 spiro atoms. The first-order valence-electron chi connectivity index (χ1n) is 6.32. The molecule has 2 nitrogen and oxygen atoms in total. The first kappa shape index (κ1) is 13.7.